The number of rotatable bonds is 4. The minimum absolute atomic E-state index is 0.484. The molecule has 1 saturated heterocycles. The van der Waals surface area contributed by atoms with Gasteiger partial charge in [0.1, 0.15) is 5.76 Å². The van der Waals surface area contributed by atoms with E-state index in [1.165, 1.54) is 35.4 Å². The van der Waals surface area contributed by atoms with E-state index in [4.69, 9.17) is 4.52 Å². The monoisotopic (exact) mass is 290 g/mol. The second kappa shape index (κ2) is 5.70. The lowest BCUT2D eigenvalue weighted by atomic mass is 10.0. The van der Waals surface area contributed by atoms with Crippen LogP contribution in [0.3, 0.4) is 0 Å². The van der Waals surface area contributed by atoms with E-state index >= 15 is 0 Å². The zero-order valence-corrected chi connectivity index (χ0v) is 13.3. The Morgan fingerprint density at radius 1 is 1.45 bits per heavy atom. The molecular formula is C16H22N2OS. The fourth-order valence-electron chi connectivity index (χ4n) is 3.20. The van der Waals surface area contributed by atoms with Gasteiger partial charge in [0, 0.05) is 29.4 Å². The first-order valence-electron chi connectivity index (χ1n) is 7.42. The number of likely N-dealkylation sites (tertiary alicyclic amines) is 1. The molecule has 1 fully saturated rings. The third kappa shape index (κ3) is 2.42. The number of hydrogen-bond donors (Lipinski definition) is 0. The normalized spacial score (nSPS) is 19.9. The van der Waals surface area contributed by atoms with Gasteiger partial charge < -0.3 is 4.52 Å². The van der Waals surface area contributed by atoms with E-state index in [0.717, 1.165) is 24.4 Å². The van der Waals surface area contributed by atoms with Crippen molar-refractivity contribution >= 4 is 11.3 Å². The predicted molar refractivity (Wildman–Crippen MR) is 82.1 cm³/mol. The van der Waals surface area contributed by atoms with Crippen LogP contribution in [0.4, 0.5) is 0 Å². The molecule has 3 nitrogen and oxygen atoms in total. The van der Waals surface area contributed by atoms with Crippen LogP contribution in [-0.4, -0.2) is 16.6 Å². The van der Waals surface area contributed by atoms with Crippen molar-refractivity contribution in [3.8, 4) is 0 Å². The Morgan fingerprint density at radius 2 is 2.30 bits per heavy atom. The van der Waals surface area contributed by atoms with Crippen LogP contribution in [0.2, 0.25) is 0 Å². The van der Waals surface area contributed by atoms with E-state index < -0.39 is 0 Å². The number of hydrogen-bond acceptors (Lipinski definition) is 4. The standard InChI is InChI=1S/C16H22N2OS/c1-4-14-16(12(3)17-19-14)13-6-5-8-18(13)10-15-11(2)7-9-20-15/h7,9,13H,4-6,8,10H2,1-3H3. The molecule has 2 aromatic rings. The third-order valence-corrected chi connectivity index (χ3v) is 5.32. The van der Waals surface area contributed by atoms with E-state index in [0.29, 0.717) is 6.04 Å². The van der Waals surface area contributed by atoms with E-state index in [-0.39, 0.29) is 0 Å². The fourth-order valence-corrected chi connectivity index (χ4v) is 4.13. The second-order valence-electron chi connectivity index (χ2n) is 5.61. The molecule has 1 aliphatic rings. The lowest BCUT2D eigenvalue weighted by Gasteiger charge is -2.24. The Labute approximate surface area is 124 Å². The molecule has 0 amide bonds. The topological polar surface area (TPSA) is 29.3 Å². The summed E-state index contributed by atoms with van der Waals surface area (Å²) in [5.74, 6) is 1.07. The molecule has 2 aromatic heterocycles. The van der Waals surface area contributed by atoms with Gasteiger partial charge in [0.25, 0.3) is 0 Å². The summed E-state index contributed by atoms with van der Waals surface area (Å²) in [6.45, 7) is 8.66. The van der Waals surface area contributed by atoms with Crippen molar-refractivity contribution < 1.29 is 4.52 Å². The van der Waals surface area contributed by atoms with Crippen LogP contribution in [0.1, 0.15) is 53.3 Å². The van der Waals surface area contributed by atoms with Gasteiger partial charge >= 0.3 is 0 Å². The molecule has 0 aliphatic carbocycles. The van der Waals surface area contributed by atoms with Crippen LogP contribution in [0, 0.1) is 13.8 Å². The van der Waals surface area contributed by atoms with Gasteiger partial charge in [-0.25, -0.2) is 0 Å². The molecule has 4 heteroatoms. The third-order valence-electron chi connectivity index (χ3n) is 4.32. The summed E-state index contributed by atoms with van der Waals surface area (Å²) in [4.78, 5) is 4.08. The molecule has 3 rings (SSSR count). The van der Waals surface area contributed by atoms with Gasteiger partial charge in [0.05, 0.1) is 5.69 Å². The maximum absolute atomic E-state index is 5.49. The Hall–Kier alpha value is -1.13. The minimum atomic E-state index is 0.484. The lowest BCUT2D eigenvalue weighted by molar-refractivity contribution is 0.246. The molecule has 1 atom stereocenters. The first-order chi connectivity index (χ1) is 9.70. The molecule has 0 radical (unpaired) electrons. The SMILES string of the molecule is CCc1onc(C)c1C1CCCN1Cc1sccc1C. The van der Waals surface area contributed by atoms with E-state index in [9.17, 15) is 0 Å². The zero-order chi connectivity index (χ0) is 14.1. The van der Waals surface area contributed by atoms with E-state index in [1.807, 2.05) is 11.3 Å². The second-order valence-corrected chi connectivity index (χ2v) is 6.61. The molecule has 1 unspecified atom stereocenters. The van der Waals surface area contributed by atoms with Crippen LogP contribution >= 0.6 is 11.3 Å². The highest BCUT2D eigenvalue weighted by Crippen LogP contribution is 2.37. The molecule has 20 heavy (non-hydrogen) atoms. The largest absolute Gasteiger partial charge is 0.361 e. The van der Waals surface area contributed by atoms with Crippen molar-refractivity contribution in [3.05, 3.63) is 38.9 Å². The maximum atomic E-state index is 5.49. The van der Waals surface area contributed by atoms with Crippen molar-refractivity contribution in [1.29, 1.82) is 0 Å². The van der Waals surface area contributed by atoms with Crippen LogP contribution in [0.5, 0.6) is 0 Å². The molecule has 0 N–H and O–H groups in total. The fraction of sp³-hybridized carbons (Fsp3) is 0.562. The molecule has 3 heterocycles. The van der Waals surface area contributed by atoms with Crippen molar-refractivity contribution in [3.63, 3.8) is 0 Å². The molecule has 1 aliphatic heterocycles. The van der Waals surface area contributed by atoms with Gasteiger partial charge in [0.2, 0.25) is 0 Å². The van der Waals surface area contributed by atoms with Crippen molar-refractivity contribution in [1.82, 2.24) is 10.1 Å². The van der Waals surface area contributed by atoms with Gasteiger partial charge in [0.15, 0.2) is 0 Å². The summed E-state index contributed by atoms with van der Waals surface area (Å²) in [7, 11) is 0. The smallest absolute Gasteiger partial charge is 0.141 e. The average molecular weight is 290 g/mol. The molecule has 0 bridgehead atoms. The quantitative estimate of drug-likeness (QED) is 0.843. The maximum Gasteiger partial charge on any atom is 0.141 e. The Morgan fingerprint density at radius 3 is 3.00 bits per heavy atom. The first-order valence-corrected chi connectivity index (χ1v) is 8.30. The zero-order valence-electron chi connectivity index (χ0n) is 12.5. The predicted octanol–water partition coefficient (Wildman–Crippen LogP) is 4.25. The lowest BCUT2D eigenvalue weighted by Crippen LogP contribution is -2.23. The average Bonchev–Trinajstić information content (AvgIpc) is 3.12. The van der Waals surface area contributed by atoms with E-state index in [1.54, 1.807) is 0 Å². The highest BCUT2D eigenvalue weighted by atomic mass is 32.1. The highest BCUT2D eigenvalue weighted by Gasteiger charge is 2.31. The van der Waals surface area contributed by atoms with Crippen LogP contribution in [0.15, 0.2) is 16.0 Å². The first kappa shape index (κ1) is 13.8. The number of thiophene rings is 1. The van der Waals surface area contributed by atoms with Gasteiger partial charge in [-0.2, -0.15) is 0 Å². The van der Waals surface area contributed by atoms with Gasteiger partial charge in [-0.1, -0.05) is 12.1 Å². The van der Waals surface area contributed by atoms with Crippen LogP contribution in [-0.2, 0) is 13.0 Å². The Balaban J connectivity index is 1.85. The highest BCUT2D eigenvalue weighted by molar-refractivity contribution is 7.10. The van der Waals surface area contributed by atoms with Crippen LogP contribution < -0.4 is 0 Å². The number of aromatic nitrogens is 1. The Bertz CT molecular complexity index is 587. The molecule has 0 spiro atoms. The van der Waals surface area contributed by atoms with Crippen molar-refractivity contribution in [2.75, 3.05) is 6.54 Å². The summed E-state index contributed by atoms with van der Waals surface area (Å²) in [5.41, 5.74) is 3.83. The summed E-state index contributed by atoms with van der Waals surface area (Å²) < 4.78 is 5.49. The summed E-state index contributed by atoms with van der Waals surface area (Å²) in [6, 6.07) is 2.70. The molecule has 108 valence electrons. The summed E-state index contributed by atoms with van der Waals surface area (Å²) in [6.07, 6.45) is 3.42. The molecular weight excluding hydrogens is 268 g/mol. The van der Waals surface area contributed by atoms with E-state index in [2.05, 4.69) is 42.3 Å². The molecule has 0 saturated carbocycles. The minimum Gasteiger partial charge on any atom is -0.361 e. The number of aryl methyl sites for hydroxylation is 3. The van der Waals surface area contributed by atoms with Gasteiger partial charge in [-0.15, -0.1) is 11.3 Å². The molecule has 0 aromatic carbocycles. The summed E-state index contributed by atoms with van der Waals surface area (Å²) >= 11 is 1.87. The van der Waals surface area contributed by atoms with Gasteiger partial charge in [-0.05, 0) is 50.2 Å². The summed E-state index contributed by atoms with van der Waals surface area (Å²) in [5, 5.41) is 6.37. The Kier molecular flexibility index (Phi) is 3.94. The number of nitrogens with zero attached hydrogens (tertiary/aromatic N) is 2. The van der Waals surface area contributed by atoms with Gasteiger partial charge in [-0.3, -0.25) is 4.90 Å². The van der Waals surface area contributed by atoms with Crippen LogP contribution in [0.25, 0.3) is 0 Å². The van der Waals surface area contributed by atoms with Crippen molar-refractivity contribution in [2.24, 2.45) is 0 Å². The van der Waals surface area contributed by atoms with Crippen molar-refractivity contribution in [2.45, 2.75) is 52.6 Å².